The molecule has 1 aliphatic rings. The molecule has 0 saturated heterocycles. The highest BCUT2D eigenvalue weighted by atomic mass is 35.5. The van der Waals surface area contributed by atoms with Crippen molar-refractivity contribution in [3.05, 3.63) is 12.2 Å². The van der Waals surface area contributed by atoms with Gasteiger partial charge < -0.3 is 0 Å². The van der Waals surface area contributed by atoms with E-state index in [4.69, 9.17) is 11.6 Å². The second-order valence-electron chi connectivity index (χ2n) is 4.05. The summed E-state index contributed by atoms with van der Waals surface area (Å²) in [6.07, 6.45) is 7.63. The Hall–Kier alpha value is -0.630. The van der Waals surface area contributed by atoms with Gasteiger partial charge in [-0.1, -0.05) is 19.1 Å². The third-order valence-electron chi connectivity index (χ3n) is 2.96. The molecule has 15 heavy (non-hydrogen) atoms. The molecule has 0 N–H and O–H groups in total. The maximum Gasteiger partial charge on any atom is 0.221 e. The molecule has 0 aliphatic heterocycles. The lowest BCUT2D eigenvalue weighted by Gasteiger charge is -2.14. The van der Waals surface area contributed by atoms with E-state index in [2.05, 4.69) is 13.0 Å². The first-order valence-electron chi connectivity index (χ1n) is 5.51. The molecule has 2 unspecified atom stereocenters. The van der Waals surface area contributed by atoms with E-state index in [0.717, 1.165) is 19.3 Å². The van der Waals surface area contributed by atoms with Gasteiger partial charge in [0.1, 0.15) is 5.78 Å². The molecule has 0 radical (unpaired) electrons. The summed E-state index contributed by atoms with van der Waals surface area (Å²) in [5.41, 5.74) is 0. The van der Waals surface area contributed by atoms with Crippen molar-refractivity contribution in [1.29, 1.82) is 0 Å². The lowest BCUT2D eigenvalue weighted by Crippen LogP contribution is -2.15. The van der Waals surface area contributed by atoms with Crippen molar-refractivity contribution in [1.82, 2.24) is 0 Å². The average Bonchev–Trinajstić information content (AvgIpc) is 2.49. The van der Waals surface area contributed by atoms with Crippen molar-refractivity contribution in [3.8, 4) is 0 Å². The van der Waals surface area contributed by atoms with Crippen LogP contribution in [0, 0.1) is 11.8 Å². The standard InChI is InChI=1S/C12H17ClO2/c1-2-3-4-5-10-9(8-12(13)15)6-7-11(10)14/h3-4,9-10H,2,5-8H2,1H3. The fourth-order valence-corrected chi connectivity index (χ4v) is 2.36. The van der Waals surface area contributed by atoms with Gasteiger partial charge in [0.15, 0.2) is 0 Å². The van der Waals surface area contributed by atoms with Crippen molar-refractivity contribution in [3.63, 3.8) is 0 Å². The number of Topliss-reactive ketones (excluding diaryl/α,β-unsaturated/α-hetero) is 1. The van der Waals surface area contributed by atoms with Crippen molar-refractivity contribution < 1.29 is 9.59 Å². The summed E-state index contributed by atoms with van der Waals surface area (Å²) >= 11 is 5.36. The van der Waals surface area contributed by atoms with E-state index >= 15 is 0 Å². The third kappa shape index (κ3) is 3.78. The zero-order chi connectivity index (χ0) is 11.3. The highest BCUT2D eigenvalue weighted by Crippen LogP contribution is 2.34. The molecule has 0 heterocycles. The van der Waals surface area contributed by atoms with E-state index in [-0.39, 0.29) is 17.1 Å². The SMILES string of the molecule is CCC=CCC1C(=O)CCC1CC(=O)Cl. The topological polar surface area (TPSA) is 34.1 Å². The van der Waals surface area contributed by atoms with Crippen LogP contribution >= 0.6 is 11.6 Å². The Kier molecular flexibility index (Phi) is 5.03. The predicted molar refractivity (Wildman–Crippen MR) is 60.7 cm³/mol. The van der Waals surface area contributed by atoms with Crippen LogP contribution in [0.3, 0.4) is 0 Å². The van der Waals surface area contributed by atoms with Crippen LogP contribution in [-0.4, -0.2) is 11.0 Å². The van der Waals surface area contributed by atoms with Gasteiger partial charge in [0.2, 0.25) is 5.24 Å². The molecular weight excluding hydrogens is 212 g/mol. The van der Waals surface area contributed by atoms with E-state index in [1.807, 2.05) is 6.08 Å². The summed E-state index contributed by atoms with van der Waals surface area (Å²) in [6.45, 7) is 2.06. The fraction of sp³-hybridized carbons (Fsp3) is 0.667. The summed E-state index contributed by atoms with van der Waals surface area (Å²) in [5.74, 6) is 0.484. The molecule has 3 heteroatoms. The van der Waals surface area contributed by atoms with Gasteiger partial charge in [-0.25, -0.2) is 0 Å². The molecular formula is C12H17ClO2. The normalized spacial score (nSPS) is 26.4. The first-order valence-corrected chi connectivity index (χ1v) is 5.89. The van der Waals surface area contributed by atoms with Crippen LogP contribution in [-0.2, 0) is 9.59 Å². The molecule has 0 amide bonds. The summed E-state index contributed by atoms with van der Waals surface area (Å²) in [4.78, 5) is 22.4. The van der Waals surface area contributed by atoms with Crippen molar-refractivity contribution in [2.75, 3.05) is 0 Å². The number of hydrogen-bond donors (Lipinski definition) is 0. The molecule has 1 aliphatic carbocycles. The number of rotatable bonds is 5. The monoisotopic (exact) mass is 228 g/mol. The van der Waals surface area contributed by atoms with Crippen molar-refractivity contribution >= 4 is 22.6 Å². The number of ketones is 1. The van der Waals surface area contributed by atoms with Crippen LogP contribution < -0.4 is 0 Å². The smallest absolute Gasteiger partial charge is 0.221 e. The van der Waals surface area contributed by atoms with E-state index in [1.165, 1.54) is 0 Å². The molecule has 1 rings (SSSR count). The van der Waals surface area contributed by atoms with Crippen LogP contribution in [0.5, 0.6) is 0 Å². The Morgan fingerprint density at radius 2 is 2.27 bits per heavy atom. The number of allylic oxidation sites excluding steroid dienone is 2. The molecule has 1 saturated carbocycles. The van der Waals surface area contributed by atoms with Crippen molar-refractivity contribution in [2.24, 2.45) is 11.8 Å². The summed E-state index contributed by atoms with van der Waals surface area (Å²) in [5, 5.41) is -0.320. The minimum absolute atomic E-state index is 0.0236. The van der Waals surface area contributed by atoms with E-state index < -0.39 is 0 Å². The molecule has 1 fully saturated rings. The minimum Gasteiger partial charge on any atom is -0.299 e. The first kappa shape index (κ1) is 12.4. The van der Waals surface area contributed by atoms with Crippen LogP contribution in [0.1, 0.15) is 39.0 Å². The molecule has 0 aromatic carbocycles. The second kappa shape index (κ2) is 6.06. The Labute approximate surface area is 95.7 Å². The number of carbonyl (C=O) groups excluding carboxylic acids is 2. The Balaban J connectivity index is 2.52. The van der Waals surface area contributed by atoms with Gasteiger partial charge in [0.25, 0.3) is 0 Å². The zero-order valence-electron chi connectivity index (χ0n) is 9.04. The van der Waals surface area contributed by atoms with Gasteiger partial charge in [-0.05, 0) is 36.8 Å². The zero-order valence-corrected chi connectivity index (χ0v) is 9.80. The lowest BCUT2D eigenvalue weighted by atomic mass is 9.90. The highest BCUT2D eigenvalue weighted by molar-refractivity contribution is 6.63. The van der Waals surface area contributed by atoms with Crippen LogP contribution in [0.2, 0.25) is 0 Å². The molecule has 0 spiro atoms. The third-order valence-corrected chi connectivity index (χ3v) is 3.11. The predicted octanol–water partition coefficient (Wildman–Crippen LogP) is 3.09. The Morgan fingerprint density at radius 3 is 2.87 bits per heavy atom. The number of hydrogen-bond acceptors (Lipinski definition) is 2. The molecule has 2 atom stereocenters. The average molecular weight is 229 g/mol. The molecule has 0 bridgehead atoms. The van der Waals surface area contributed by atoms with Crippen molar-refractivity contribution in [2.45, 2.75) is 39.0 Å². The molecule has 2 nitrogen and oxygen atoms in total. The molecule has 84 valence electrons. The van der Waals surface area contributed by atoms with E-state index in [1.54, 1.807) is 0 Å². The number of halogens is 1. The highest BCUT2D eigenvalue weighted by Gasteiger charge is 2.34. The fourth-order valence-electron chi connectivity index (χ4n) is 2.16. The van der Waals surface area contributed by atoms with Crippen LogP contribution in [0.15, 0.2) is 12.2 Å². The maximum absolute atomic E-state index is 11.6. The van der Waals surface area contributed by atoms with Gasteiger partial charge >= 0.3 is 0 Å². The minimum atomic E-state index is -0.320. The summed E-state index contributed by atoms with van der Waals surface area (Å²) in [6, 6.07) is 0. The summed E-state index contributed by atoms with van der Waals surface area (Å²) in [7, 11) is 0. The van der Waals surface area contributed by atoms with E-state index in [0.29, 0.717) is 18.6 Å². The first-order chi connectivity index (χ1) is 7.15. The van der Waals surface area contributed by atoms with E-state index in [9.17, 15) is 9.59 Å². The Morgan fingerprint density at radius 1 is 1.53 bits per heavy atom. The van der Waals surface area contributed by atoms with Gasteiger partial charge in [0.05, 0.1) is 0 Å². The largest absolute Gasteiger partial charge is 0.299 e. The maximum atomic E-state index is 11.6. The Bertz CT molecular complexity index is 271. The van der Waals surface area contributed by atoms with Gasteiger partial charge in [-0.3, -0.25) is 9.59 Å². The molecule has 0 aromatic heterocycles. The lowest BCUT2D eigenvalue weighted by molar-refractivity contribution is -0.121. The van der Waals surface area contributed by atoms with Gasteiger partial charge in [-0.2, -0.15) is 0 Å². The quantitative estimate of drug-likeness (QED) is 0.535. The second-order valence-corrected chi connectivity index (χ2v) is 4.47. The van der Waals surface area contributed by atoms with Crippen LogP contribution in [0.25, 0.3) is 0 Å². The molecule has 0 aromatic rings. The van der Waals surface area contributed by atoms with Gasteiger partial charge in [-0.15, -0.1) is 0 Å². The summed E-state index contributed by atoms with van der Waals surface area (Å²) < 4.78 is 0. The number of carbonyl (C=O) groups is 2. The van der Waals surface area contributed by atoms with Crippen LogP contribution in [0.4, 0.5) is 0 Å². The van der Waals surface area contributed by atoms with Gasteiger partial charge in [0, 0.05) is 18.8 Å².